The van der Waals surface area contributed by atoms with Crippen molar-refractivity contribution in [2.45, 2.75) is 65.4 Å². The molecule has 0 spiro atoms. The fourth-order valence-electron chi connectivity index (χ4n) is 1.54. The molecule has 1 heteroatoms. The second-order valence-electron chi connectivity index (χ2n) is 3.81. The number of allylic oxidation sites excluding steroid dienone is 1. The Morgan fingerprint density at radius 2 is 2.00 bits per heavy atom. The summed E-state index contributed by atoms with van der Waals surface area (Å²) in [6, 6.07) is 0. The van der Waals surface area contributed by atoms with Gasteiger partial charge in [-0.15, -0.1) is 0 Å². The van der Waals surface area contributed by atoms with Gasteiger partial charge in [0.1, 0.15) is 0 Å². The molecule has 13 heavy (non-hydrogen) atoms. The van der Waals surface area contributed by atoms with Crippen molar-refractivity contribution in [1.29, 1.82) is 0 Å². The molecule has 1 atom stereocenters. The molecule has 0 aliphatic rings. The minimum atomic E-state index is -0.116. The standard InChI is InChI=1S/C12H24O/c1-4-6-7-9-12(13)10-11(3)8-5-2/h8,12-13H,4-7,9-10H2,1-3H3/b11-8+. The van der Waals surface area contributed by atoms with Gasteiger partial charge in [-0.1, -0.05) is 44.8 Å². The highest BCUT2D eigenvalue weighted by Crippen LogP contribution is 2.11. The number of rotatable bonds is 7. The molecule has 0 fully saturated rings. The Bertz CT molecular complexity index is 138. The van der Waals surface area contributed by atoms with Crippen molar-refractivity contribution in [3.8, 4) is 0 Å². The lowest BCUT2D eigenvalue weighted by molar-refractivity contribution is 0.161. The quantitative estimate of drug-likeness (QED) is 0.473. The molecule has 0 saturated heterocycles. The van der Waals surface area contributed by atoms with Crippen LogP contribution in [0.5, 0.6) is 0 Å². The molecule has 0 aromatic rings. The zero-order chi connectivity index (χ0) is 10.1. The van der Waals surface area contributed by atoms with Crippen LogP contribution in [0.3, 0.4) is 0 Å². The van der Waals surface area contributed by atoms with Gasteiger partial charge in [0.05, 0.1) is 6.10 Å². The van der Waals surface area contributed by atoms with E-state index in [9.17, 15) is 5.11 Å². The first-order chi connectivity index (χ1) is 6.20. The summed E-state index contributed by atoms with van der Waals surface area (Å²) < 4.78 is 0. The third kappa shape index (κ3) is 8.04. The van der Waals surface area contributed by atoms with Gasteiger partial charge in [0, 0.05) is 0 Å². The molecule has 0 saturated carbocycles. The average Bonchev–Trinajstić information content (AvgIpc) is 2.05. The maximum absolute atomic E-state index is 9.63. The Morgan fingerprint density at radius 1 is 1.31 bits per heavy atom. The van der Waals surface area contributed by atoms with Crippen LogP contribution < -0.4 is 0 Å². The van der Waals surface area contributed by atoms with Gasteiger partial charge in [0.25, 0.3) is 0 Å². The third-order valence-corrected chi connectivity index (χ3v) is 2.25. The van der Waals surface area contributed by atoms with Gasteiger partial charge in [-0.25, -0.2) is 0 Å². The monoisotopic (exact) mass is 184 g/mol. The summed E-state index contributed by atoms with van der Waals surface area (Å²) in [5, 5.41) is 9.63. The highest BCUT2D eigenvalue weighted by atomic mass is 16.3. The summed E-state index contributed by atoms with van der Waals surface area (Å²) in [5.41, 5.74) is 1.33. The molecule has 0 heterocycles. The predicted molar refractivity (Wildman–Crippen MR) is 58.8 cm³/mol. The maximum Gasteiger partial charge on any atom is 0.0577 e. The van der Waals surface area contributed by atoms with E-state index < -0.39 is 0 Å². The summed E-state index contributed by atoms with van der Waals surface area (Å²) >= 11 is 0. The Balaban J connectivity index is 3.49. The SMILES string of the molecule is CC/C=C(\C)CC(O)CCCCC. The molecule has 0 rings (SSSR count). The lowest BCUT2D eigenvalue weighted by Gasteiger charge is -2.10. The first kappa shape index (κ1) is 12.7. The van der Waals surface area contributed by atoms with E-state index in [1.165, 1.54) is 18.4 Å². The number of aliphatic hydroxyl groups is 1. The smallest absolute Gasteiger partial charge is 0.0577 e. The molecule has 0 bridgehead atoms. The summed E-state index contributed by atoms with van der Waals surface area (Å²) in [5.74, 6) is 0. The molecule has 0 amide bonds. The number of hydrogen-bond donors (Lipinski definition) is 1. The molecule has 0 aromatic carbocycles. The summed E-state index contributed by atoms with van der Waals surface area (Å²) in [6.07, 6.45) is 8.62. The molecule has 1 unspecified atom stereocenters. The molecule has 0 aliphatic carbocycles. The average molecular weight is 184 g/mol. The minimum absolute atomic E-state index is 0.116. The van der Waals surface area contributed by atoms with Gasteiger partial charge in [-0.2, -0.15) is 0 Å². The third-order valence-electron chi connectivity index (χ3n) is 2.25. The molecule has 1 nitrogen and oxygen atoms in total. The molecular weight excluding hydrogens is 160 g/mol. The van der Waals surface area contributed by atoms with E-state index in [-0.39, 0.29) is 6.10 Å². The van der Waals surface area contributed by atoms with Crippen molar-refractivity contribution in [3.05, 3.63) is 11.6 Å². The molecule has 78 valence electrons. The normalized spacial score (nSPS) is 14.6. The van der Waals surface area contributed by atoms with Gasteiger partial charge in [-0.05, 0) is 26.2 Å². The van der Waals surface area contributed by atoms with Crippen LogP contribution in [-0.4, -0.2) is 11.2 Å². The first-order valence-corrected chi connectivity index (χ1v) is 5.54. The number of aliphatic hydroxyl groups excluding tert-OH is 1. The van der Waals surface area contributed by atoms with Crippen LogP contribution >= 0.6 is 0 Å². The van der Waals surface area contributed by atoms with Gasteiger partial charge >= 0.3 is 0 Å². The fourth-order valence-corrected chi connectivity index (χ4v) is 1.54. The van der Waals surface area contributed by atoms with E-state index >= 15 is 0 Å². The van der Waals surface area contributed by atoms with Crippen LogP contribution in [-0.2, 0) is 0 Å². The predicted octanol–water partition coefficient (Wildman–Crippen LogP) is 3.67. The number of unbranched alkanes of at least 4 members (excludes halogenated alkanes) is 2. The van der Waals surface area contributed by atoms with Crippen LogP contribution in [0.2, 0.25) is 0 Å². The zero-order valence-corrected chi connectivity index (χ0v) is 9.34. The van der Waals surface area contributed by atoms with E-state index in [2.05, 4.69) is 26.8 Å². The molecule has 0 radical (unpaired) electrons. The lowest BCUT2D eigenvalue weighted by atomic mass is 10.0. The second kappa shape index (κ2) is 8.31. The highest BCUT2D eigenvalue weighted by Gasteiger charge is 2.03. The van der Waals surface area contributed by atoms with E-state index in [1.807, 2.05) is 0 Å². The summed E-state index contributed by atoms with van der Waals surface area (Å²) in [7, 11) is 0. The Kier molecular flexibility index (Phi) is 8.11. The Morgan fingerprint density at radius 3 is 2.54 bits per heavy atom. The topological polar surface area (TPSA) is 20.2 Å². The van der Waals surface area contributed by atoms with Crippen LogP contribution in [0, 0.1) is 0 Å². The Hall–Kier alpha value is -0.300. The summed E-state index contributed by atoms with van der Waals surface area (Å²) in [4.78, 5) is 0. The van der Waals surface area contributed by atoms with Crippen molar-refractivity contribution in [1.82, 2.24) is 0 Å². The van der Waals surface area contributed by atoms with E-state index in [1.54, 1.807) is 0 Å². The molecular formula is C12H24O. The molecule has 1 N–H and O–H groups in total. The van der Waals surface area contributed by atoms with Gasteiger partial charge in [0.15, 0.2) is 0 Å². The maximum atomic E-state index is 9.63. The lowest BCUT2D eigenvalue weighted by Crippen LogP contribution is -2.06. The fraction of sp³-hybridized carbons (Fsp3) is 0.833. The van der Waals surface area contributed by atoms with Gasteiger partial charge in [-0.3, -0.25) is 0 Å². The van der Waals surface area contributed by atoms with Crippen LogP contribution in [0.1, 0.15) is 59.3 Å². The van der Waals surface area contributed by atoms with Gasteiger partial charge in [0.2, 0.25) is 0 Å². The molecule has 0 aromatic heterocycles. The van der Waals surface area contributed by atoms with Crippen molar-refractivity contribution in [2.75, 3.05) is 0 Å². The number of hydrogen-bond acceptors (Lipinski definition) is 1. The van der Waals surface area contributed by atoms with Gasteiger partial charge < -0.3 is 5.11 Å². The second-order valence-corrected chi connectivity index (χ2v) is 3.81. The van der Waals surface area contributed by atoms with E-state index in [0.717, 1.165) is 25.7 Å². The van der Waals surface area contributed by atoms with E-state index in [4.69, 9.17) is 0 Å². The van der Waals surface area contributed by atoms with Crippen molar-refractivity contribution >= 4 is 0 Å². The van der Waals surface area contributed by atoms with Crippen LogP contribution in [0.4, 0.5) is 0 Å². The highest BCUT2D eigenvalue weighted by molar-refractivity contribution is 4.98. The van der Waals surface area contributed by atoms with Crippen molar-refractivity contribution in [2.24, 2.45) is 0 Å². The summed E-state index contributed by atoms with van der Waals surface area (Å²) in [6.45, 7) is 6.42. The van der Waals surface area contributed by atoms with Crippen LogP contribution in [0.25, 0.3) is 0 Å². The van der Waals surface area contributed by atoms with Crippen LogP contribution in [0.15, 0.2) is 11.6 Å². The van der Waals surface area contributed by atoms with Crippen molar-refractivity contribution < 1.29 is 5.11 Å². The molecule has 0 aliphatic heterocycles. The first-order valence-electron chi connectivity index (χ1n) is 5.54. The zero-order valence-electron chi connectivity index (χ0n) is 9.34. The van der Waals surface area contributed by atoms with E-state index in [0.29, 0.717) is 0 Å². The minimum Gasteiger partial charge on any atom is -0.393 e. The largest absolute Gasteiger partial charge is 0.393 e. The van der Waals surface area contributed by atoms with Crippen molar-refractivity contribution in [3.63, 3.8) is 0 Å². The Labute approximate surface area is 82.9 Å².